The molecule has 8 nitrogen and oxygen atoms in total. The van der Waals surface area contributed by atoms with Gasteiger partial charge in [-0.15, -0.1) is 5.10 Å². The monoisotopic (exact) mass is 347 g/mol. The number of rotatable bonds is 4. The van der Waals surface area contributed by atoms with E-state index in [0.29, 0.717) is 11.6 Å². The third-order valence-electron chi connectivity index (χ3n) is 3.31. The first kappa shape index (κ1) is 17.2. The van der Waals surface area contributed by atoms with Crippen molar-refractivity contribution in [1.82, 2.24) is 25.5 Å². The van der Waals surface area contributed by atoms with Gasteiger partial charge in [-0.2, -0.15) is 0 Å². The van der Waals surface area contributed by atoms with E-state index in [1.807, 2.05) is 20.8 Å². The molecule has 1 aliphatic rings. The van der Waals surface area contributed by atoms with E-state index >= 15 is 0 Å². The zero-order valence-electron chi connectivity index (χ0n) is 13.1. The number of thioether (sulfide) groups is 1. The first-order valence-corrected chi connectivity index (χ1v) is 9.75. The number of hydrogen-bond donors (Lipinski definition) is 1. The summed E-state index contributed by atoms with van der Waals surface area (Å²) in [4.78, 5) is 12.2. The van der Waals surface area contributed by atoms with Gasteiger partial charge in [-0.3, -0.25) is 4.79 Å². The van der Waals surface area contributed by atoms with Crippen molar-refractivity contribution in [3.05, 3.63) is 0 Å². The molecule has 0 unspecified atom stereocenters. The zero-order valence-corrected chi connectivity index (χ0v) is 14.7. The fourth-order valence-corrected chi connectivity index (χ4v) is 4.77. The Kier molecular flexibility index (Phi) is 4.81. The van der Waals surface area contributed by atoms with E-state index in [2.05, 4.69) is 20.8 Å². The van der Waals surface area contributed by atoms with Crippen molar-refractivity contribution >= 4 is 27.5 Å². The van der Waals surface area contributed by atoms with Crippen LogP contribution in [0, 0.1) is 0 Å². The number of aromatic nitrogens is 4. The highest BCUT2D eigenvalue weighted by atomic mass is 32.2. The first-order chi connectivity index (χ1) is 10.1. The average Bonchev–Trinajstić information content (AvgIpc) is 2.95. The second-order valence-electron chi connectivity index (χ2n) is 6.41. The smallest absolute Gasteiger partial charge is 0.233 e. The van der Waals surface area contributed by atoms with Crippen molar-refractivity contribution in [2.75, 3.05) is 11.5 Å². The highest BCUT2D eigenvalue weighted by molar-refractivity contribution is 8.00. The van der Waals surface area contributed by atoms with Crippen LogP contribution in [0.4, 0.5) is 0 Å². The summed E-state index contributed by atoms with van der Waals surface area (Å²) in [5.74, 6) is -0.0343. The number of carbonyl (C=O) groups excluding carboxylic acids is 1. The Balaban J connectivity index is 1.96. The number of carbonyl (C=O) groups is 1. The molecule has 2 rings (SSSR count). The lowest BCUT2D eigenvalue weighted by atomic mass is 10.1. The van der Waals surface area contributed by atoms with Gasteiger partial charge in [-0.1, -0.05) is 11.8 Å². The summed E-state index contributed by atoms with van der Waals surface area (Å²) >= 11 is 1.26. The summed E-state index contributed by atoms with van der Waals surface area (Å²) in [6, 6.07) is -0.292. The molecule has 1 aromatic rings. The van der Waals surface area contributed by atoms with Crippen molar-refractivity contribution in [3.8, 4) is 0 Å². The third kappa shape index (κ3) is 4.19. The molecule has 10 heteroatoms. The van der Waals surface area contributed by atoms with Crippen molar-refractivity contribution in [3.63, 3.8) is 0 Å². The molecule has 1 amide bonds. The summed E-state index contributed by atoms with van der Waals surface area (Å²) in [6.45, 7) is 7.68. The molecule has 0 saturated carbocycles. The first-order valence-electron chi connectivity index (χ1n) is 7.05. The van der Waals surface area contributed by atoms with Gasteiger partial charge in [0.1, 0.15) is 0 Å². The van der Waals surface area contributed by atoms with Crippen LogP contribution >= 0.6 is 11.8 Å². The summed E-state index contributed by atoms with van der Waals surface area (Å²) < 4.78 is 24.5. The molecular formula is C12H21N5O3S2. The Labute approximate surface area is 134 Å². The molecule has 0 aromatic carbocycles. The lowest BCUT2D eigenvalue weighted by molar-refractivity contribution is -0.120. The van der Waals surface area contributed by atoms with Crippen LogP contribution in [0.3, 0.4) is 0 Å². The second-order valence-corrected chi connectivity index (χ2v) is 9.95. The maximum absolute atomic E-state index is 12.2. The number of hydrogen-bond acceptors (Lipinski definition) is 7. The molecule has 124 valence electrons. The molecule has 2 atom stereocenters. The van der Waals surface area contributed by atoms with E-state index in [9.17, 15) is 13.2 Å². The Morgan fingerprint density at radius 2 is 2.14 bits per heavy atom. The van der Waals surface area contributed by atoms with E-state index in [1.54, 1.807) is 11.6 Å². The zero-order chi connectivity index (χ0) is 16.5. The molecule has 1 saturated heterocycles. The molecule has 1 aliphatic heterocycles. The minimum Gasteiger partial charge on any atom is -0.351 e. The van der Waals surface area contributed by atoms with Crippen LogP contribution in [-0.4, -0.2) is 57.3 Å². The lowest BCUT2D eigenvalue weighted by Gasteiger charge is -2.21. The highest BCUT2D eigenvalue weighted by Crippen LogP contribution is 2.25. The van der Waals surface area contributed by atoms with Crippen LogP contribution in [0.15, 0.2) is 5.16 Å². The number of sulfone groups is 1. The largest absolute Gasteiger partial charge is 0.351 e. The summed E-state index contributed by atoms with van der Waals surface area (Å²) in [5.41, 5.74) is -0.276. The predicted molar refractivity (Wildman–Crippen MR) is 83.3 cm³/mol. The Morgan fingerprint density at radius 3 is 2.68 bits per heavy atom. The third-order valence-corrected chi connectivity index (χ3v) is 6.11. The van der Waals surface area contributed by atoms with Crippen LogP contribution in [0.1, 0.15) is 34.1 Å². The van der Waals surface area contributed by atoms with Crippen molar-refractivity contribution < 1.29 is 13.2 Å². The minimum atomic E-state index is -3.00. The van der Waals surface area contributed by atoms with E-state index in [0.717, 1.165) is 0 Å². The van der Waals surface area contributed by atoms with Crippen LogP contribution in [0.2, 0.25) is 0 Å². The molecule has 1 fully saturated rings. The van der Waals surface area contributed by atoms with Gasteiger partial charge in [0.15, 0.2) is 9.84 Å². The van der Waals surface area contributed by atoms with Gasteiger partial charge in [0.2, 0.25) is 11.1 Å². The van der Waals surface area contributed by atoms with Gasteiger partial charge in [0.05, 0.1) is 22.3 Å². The number of nitrogens with one attached hydrogen (secondary N) is 1. The Morgan fingerprint density at radius 1 is 1.45 bits per heavy atom. The molecule has 0 bridgehead atoms. The van der Waals surface area contributed by atoms with E-state index < -0.39 is 15.1 Å². The molecule has 1 aromatic heterocycles. The van der Waals surface area contributed by atoms with Crippen molar-refractivity contribution in [2.45, 2.75) is 56.1 Å². The molecule has 0 spiro atoms. The van der Waals surface area contributed by atoms with Gasteiger partial charge in [-0.05, 0) is 44.5 Å². The van der Waals surface area contributed by atoms with Crippen molar-refractivity contribution in [1.29, 1.82) is 0 Å². The van der Waals surface area contributed by atoms with E-state index in [1.165, 1.54) is 11.8 Å². The SMILES string of the molecule is C[C@@H](Sc1nnnn1C(C)(C)C)C(=O)N[C@@H]1CCS(=O)(=O)C1. The predicted octanol–water partition coefficient (Wildman–Crippen LogP) is 0.212. The Bertz CT molecular complexity index is 650. The molecule has 1 N–H and O–H groups in total. The van der Waals surface area contributed by atoms with Crippen LogP contribution in [-0.2, 0) is 20.2 Å². The van der Waals surface area contributed by atoms with Crippen LogP contribution in [0.25, 0.3) is 0 Å². The van der Waals surface area contributed by atoms with Gasteiger partial charge in [0, 0.05) is 6.04 Å². The van der Waals surface area contributed by atoms with Gasteiger partial charge in [-0.25, -0.2) is 13.1 Å². The maximum atomic E-state index is 12.2. The average molecular weight is 347 g/mol. The topological polar surface area (TPSA) is 107 Å². The number of tetrazole rings is 1. The van der Waals surface area contributed by atoms with Crippen LogP contribution in [0.5, 0.6) is 0 Å². The fraction of sp³-hybridized carbons (Fsp3) is 0.833. The normalized spacial score (nSPS) is 22.5. The lowest BCUT2D eigenvalue weighted by Crippen LogP contribution is -2.40. The second kappa shape index (κ2) is 6.15. The molecular weight excluding hydrogens is 326 g/mol. The standard InChI is InChI=1S/C12H21N5O3S2/c1-8(10(18)13-9-5-6-22(19,20)7-9)21-11-14-15-16-17(11)12(2,3)4/h8-9H,5-7H2,1-4H3,(H,13,18)/t8-,9-/m1/s1. The number of nitrogens with zero attached hydrogens (tertiary/aromatic N) is 4. The molecule has 2 heterocycles. The molecule has 0 aliphatic carbocycles. The minimum absolute atomic E-state index is 0.0237. The summed E-state index contributed by atoms with van der Waals surface area (Å²) in [7, 11) is -3.00. The highest BCUT2D eigenvalue weighted by Gasteiger charge is 2.31. The fourth-order valence-electron chi connectivity index (χ4n) is 2.11. The van der Waals surface area contributed by atoms with Crippen LogP contribution < -0.4 is 5.32 Å². The molecule has 0 radical (unpaired) electrons. The van der Waals surface area contributed by atoms with Gasteiger partial charge < -0.3 is 5.32 Å². The van der Waals surface area contributed by atoms with Gasteiger partial charge in [0.25, 0.3) is 0 Å². The maximum Gasteiger partial charge on any atom is 0.233 e. The van der Waals surface area contributed by atoms with E-state index in [4.69, 9.17) is 0 Å². The summed E-state index contributed by atoms with van der Waals surface area (Å²) in [5, 5.41) is 14.5. The van der Waals surface area contributed by atoms with E-state index in [-0.39, 0.29) is 29.0 Å². The number of amides is 1. The van der Waals surface area contributed by atoms with Gasteiger partial charge >= 0.3 is 0 Å². The Hall–Kier alpha value is -1.16. The quantitative estimate of drug-likeness (QED) is 0.776. The molecule has 22 heavy (non-hydrogen) atoms. The summed E-state index contributed by atoms with van der Waals surface area (Å²) in [6.07, 6.45) is 0.477. The van der Waals surface area contributed by atoms with Crippen molar-refractivity contribution in [2.24, 2.45) is 0 Å².